The monoisotopic (exact) mass is 576 g/mol. The maximum atomic E-state index is 13.7. The van der Waals surface area contributed by atoms with Crippen molar-refractivity contribution in [1.82, 2.24) is 10.2 Å². The highest BCUT2D eigenvalue weighted by atomic mass is 35.5. The summed E-state index contributed by atoms with van der Waals surface area (Å²) in [7, 11) is 0. The maximum absolute atomic E-state index is 13.7. The topological polar surface area (TPSA) is 49.4 Å². The normalized spacial score (nSPS) is 12.6. The van der Waals surface area contributed by atoms with Crippen LogP contribution in [0.2, 0.25) is 15.1 Å². The van der Waals surface area contributed by atoms with Gasteiger partial charge in [-0.3, -0.25) is 9.59 Å². The van der Waals surface area contributed by atoms with Gasteiger partial charge >= 0.3 is 0 Å². The summed E-state index contributed by atoms with van der Waals surface area (Å²) in [4.78, 5) is 28.9. The Morgan fingerprint density at radius 1 is 0.919 bits per heavy atom. The SMILES string of the molecule is CC[C@H](C)NC(=O)[C@H](Cc1ccccc1)N(Cc1ccc(Cl)cc1)C(=O)CSCc1ccc(Cl)cc1Cl. The Kier molecular flexibility index (Phi) is 11.7. The lowest BCUT2D eigenvalue weighted by Crippen LogP contribution is -2.52. The van der Waals surface area contributed by atoms with E-state index in [4.69, 9.17) is 34.8 Å². The van der Waals surface area contributed by atoms with Gasteiger partial charge in [0.1, 0.15) is 6.04 Å². The second kappa shape index (κ2) is 14.7. The van der Waals surface area contributed by atoms with Gasteiger partial charge in [-0.25, -0.2) is 0 Å². The van der Waals surface area contributed by atoms with Crippen molar-refractivity contribution < 1.29 is 9.59 Å². The number of thioether (sulfide) groups is 1. The minimum atomic E-state index is -0.667. The molecule has 4 nitrogen and oxygen atoms in total. The highest BCUT2D eigenvalue weighted by molar-refractivity contribution is 7.99. The summed E-state index contributed by atoms with van der Waals surface area (Å²) in [6, 6.07) is 21.8. The largest absolute Gasteiger partial charge is 0.352 e. The number of carbonyl (C=O) groups is 2. The molecule has 0 heterocycles. The van der Waals surface area contributed by atoms with Crippen molar-refractivity contribution in [2.75, 3.05) is 5.75 Å². The Labute approximate surface area is 238 Å². The van der Waals surface area contributed by atoms with Gasteiger partial charge in [0.05, 0.1) is 5.75 Å². The van der Waals surface area contributed by atoms with Gasteiger partial charge in [0.15, 0.2) is 0 Å². The number of carbonyl (C=O) groups excluding carboxylic acids is 2. The van der Waals surface area contributed by atoms with E-state index in [0.717, 1.165) is 23.1 Å². The summed E-state index contributed by atoms with van der Waals surface area (Å²) < 4.78 is 0. The first kappa shape index (κ1) is 29.4. The summed E-state index contributed by atoms with van der Waals surface area (Å²) in [5.41, 5.74) is 2.79. The predicted molar refractivity (Wildman–Crippen MR) is 156 cm³/mol. The average Bonchev–Trinajstić information content (AvgIpc) is 2.88. The Morgan fingerprint density at radius 3 is 2.24 bits per heavy atom. The molecule has 0 fully saturated rings. The fourth-order valence-corrected chi connectivity index (χ4v) is 5.35. The molecule has 0 aliphatic carbocycles. The van der Waals surface area contributed by atoms with Gasteiger partial charge in [-0.2, -0.15) is 0 Å². The molecule has 196 valence electrons. The Bertz CT molecular complexity index is 1180. The zero-order chi connectivity index (χ0) is 26.8. The predicted octanol–water partition coefficient (Wildman–Crippen LogP) is 7.43. The van der Waals surface area contributed by atoms with Gasteiger partial charge in [-0.1, -0.05) is 90.3 Å². The lowest BCUT2D eigenvalue weighted by atomic mass is 10.0. The molecule has 0 saturated carbocycles. The standard InChI is InChI=1S/C29H31Cl3N2O2S/c1-3-20(2)33-29(36)27(15-21-7-5-4-6-8-21)34(17-22-9-12-24(30)13-10-22)28(35)19-37-18-23-11-14-25(31)16-26(23)32/h4-14,16,20,27H,3,15,17-19H2,1-2H3,(H,33,36)/t20-,27-/m0/s1. The van der Waals surface area contributed by atoms with Crippen LogP contribution in [0.1, 0.15) is 37.0 Å². The van der Waals surface area contributed by atoms with E-state index in [-0.39, 0.29) is 23.6 Å². The first-order chi connectivity index (χ1) is 17.8. The second-order valence-electron chi connectivity index (χ2n) is 8.90. The molecule has 2 atom stereocenters. The van der Waals surface area contributed by atoms with E-state index in [1.54, 1.807) is 29.2 Å². The summed E-state index contributed by atoms with van der Waals surface area (Å²) >= 11 is 19.9. The van der Waals surface area contributed by atoms with Crippen LogP contribution in [0.25, 0.3) is 0 Å². The third-order valence-corrected chi connectivity index (χ3v) is 7.84. The van der Waals surface area contributed by atoms with E-state index in [2.05, 4.69) is 5.32 Å². The van der Waals surface area contributed by atoms with Crippen LogP contribution in [0.4, 0.5) is 0 Å². The molecule has 0 aliphatic rings. The highest BCUT2D eigenvalue weighted by Gasteiger charge is 2.30. The third kappa shape index (κ3) is 9.26. The molecule has 3 aromatic rings. The molecule has 0 bridgehead atoms. The average molecular weight is 578 g/mol. The van der Waals surface area contributed by atoms with Crippen molar-refractivity contribution in [3.8, 4) is 0 Å². The first-order valence-electron chi connectivity index (χ1n) is 12.2. The number of benzene rings is 3. The number of nitrogens with one attached hydrogen (secondary N) is 1. The molecule has 0 aliphatic heterocycles. The van der Waals surface area contributed by atoms with Crippen LogP contribution in [0.15, 0.2) is 72.8 Å². The molecule has 8 heteroatoms. The summed E-state index contributed by atoms with van der Waals surface area (Å²) in [6.07, 6.45) is 1.21. The van der Waals surface area contributed by atoms with Crippen molar-refractivity contribution in [1.29, 1.82) is 0 Å². The van der Waals surface area contributed by atoms with E-state index < -0.39 is 6.04 Å². The number of amides is 2. The molecule has 1 N–H and O–H groups in total. The summed E-state index contributed by atoms with van der Waals surface area (Å²) in [5.74, 6) is 0.476. The molecule has 0 spiro atoms. The maximum Gasteiger partial charge on any atom is 0.243 e. The molecule has 0 radical (unpaired) electrons. The van der Waals surface area contributed by atoms with Gasteiger partial charge in [-0.15, -0.1) is 11.8 Å². The Hall–Kier alpha value is -2.18. The van der Waals surface area contributed by atoms with Crippen molar-refractivity contribution in [2.45, 2.75) is 51.1 Å². The second-order valence-corrected chi connectivity index (χ2v) is 11.2. The van der Waals surface area contributed by atoms with Crippen LogP contribution in [0.3, 0.4) is 0 Å². The quantitative estimate of drug-likeness (QED) is 0.243. The third-order valence-electron chi connectivity index (χ3n) is 6.04. The lowest BCUT2D eigenvalue weighted by Gasteiger charge is -2.32. The van der Waals surface area contributed by atoms with Gasteiger partial charge in [0.25, 0.3) is 0 Å². The number of rotatable bonds is 12. The molecular formula is C29H31Cl3N2O2S. The molecule has 3 rings (SSSR count). The van der Waals surface area contributed by atoms with Crippen LogP contribution in [0, 0.1) is 0 Å². The van der Waals surface area contributed by atoms with E-state index in [0.29, 0.717) is 33.8 Å². The van der Waals surface area contributed by atoms with E-state index in [9.17, 15) is 9.59 Å². The van der Waals surface area contributed by atoms with Gasteiger partial charge in [-0.05, 0) is 54.3 Å². The fourth-order valence-electron chi connectivity index (χ4n) is 3.75. The molecule has 0 unspecified atom stereocenters. The van der Waals surface area contributed by atoms with E-state index in [1.165, 1.54) is 11.8 Å². The van der Waals surface area contributed by atoms with Crippen LogP contribution >= 0.6 is 46.6 Å². The van der Waals surface area contributed by atoms with E-state index >= 15 is 0 Å². The Morgan fingerprint density at radius 2 is 1.59 bits per heavy atom. The van der Waals surface area contributed by atoms with Crippen LogP contribution in [-0.4, -0.2) is 34.6 Å². The highest BCUT2D eigenvalue weighted by Crippen LogP contribution is 2.25. The van der Waals surface area contributed by atoms with Crippen molar-refractivity contribution in [3.63, 3.8) is 0 Å². The fraction of sp³-hybridized carbons (Fsp3) is 0.310. The van der Waals surface area contributed by atoms with Crippen molar-refractivity contribution in [3.05, 3.63) is 105 Å². The lowest BCUT2D eigenvalue weighted by molar-refractivity contribution is -0.139. The zero-order valence-corrected chi connectivity index (χ0v) is 24.0. The molecule has 2 amide bonds. The number of halogens is 3. The number of nitrogens with zero attached hydrogens (tertiary/aromatic N) is 1. The molecular weight excluding hydrogens is 547 g/mol. The van der Waals surface area contributed by atoms with Gasteiger partial charge < -0.3 is 10.2 Å². The van der Waals surface area contributed by atoms with Crippen molar-refractivity contribution >= 4 is 58.4 Å². The Balaban J connectivity index is 1.85. The molecule has 0 aromatic heterocycles. The van der Waals surface area contributed by atoms with Crippen LogP contribution in [0.5, 0.6) is 0 Å². The van der Waals surface area contributed by atoms with Crippen LogP contribution < -0.4 is 5.32 Å². The molecule has 37 heavy (non-hydrogen) atoms. The summed E-state index contributed by atoms with van der Waals surface area (Å²) in [5, 5.41) is 4.84. The van der Waals surface area contributed by atoms with Gasteiger partial charge in [0, 0.05) is 39.8 Å². The number of hydrogen-bond donors (Lipinski definition) is 1. The van der Waals surface area contributed by atoms with Crippen LogP contribution in [-0.2, 0) is 28.3 Å². The molecule has 0 saturated heterocycles. The molecule has 3 aromatic carbocycles. The van der Waals surface area contributed by atoms with Gasteiger partial charge in [0.2, 0.25) is 11.8 Å². The first-order valence-corrected chi connectivity index (χ1v) is 14.5. The summed E-state index contributed by atoms with van der Waals surface area (Å²) in [6.45, 7) is 4.28. The smallest absolute Gasteiger partial charge is 0.243 e. The van der Waals surface area contributed by atoms with E-state index in [1.807, 2.05) is 62.4 Å². The zero-order valence-electron chi connectivity index (χ0n) is 20.9. The van der Waals surface area contributed by atoms with Crippen molar-refractivity contribution in [2.24, 2.45) is 0 Å². The minimum absolute atomic E-state index is 0.000297. The minimum Gasteiger partial charge on any atom is -0.352 e. The number of hydrogen-bond acceptors (Lipinski definition) is 3.